The average molecular weight is 334 g/mol. The Bertz CT molecular complexity index is 917. The third-order valence-electron chi connectivity index (χ3n) is 3.46. The Kier molecular flexibility index (Phi) is 3.99. The number of hydrogen-bond donors (Lipinski definition) is 2. The largest absolute Gasteiger partial charge is 0.380 e. The van der Waals surface area contributed by atoms with Crippen molar-refractivity contribution in [3.63, 3.8) is 0 Å². The molecular formula is C17H14N6S. The number of aromatic nitrogens is 5. The van der Waals surface area contributed by atoms with Crippen molar-refractivity contribution in [3.05, 3.63) is 66.1 Å². The molecule has 24 heavy (non-hydrogen) atoms. The summed E-state index contributed by atoms with van der Waals surface area (Å²) in [7, 11) is 0. The summed E-state index contributed by atoms with van der Waals surface area (Å²) in [4.78, 5) is 14.1. The van der Waals surface area contributed by atoms with Gasteiger partial charge in [-0.3, -0.25) is 10.1 Å². The van der Waals surface area contributed by atoms with E-state index in [9.17, 15) is 0 Å². The molecule has 6 nitrogen and oxygen atoms in total. The fourth-order valence-corrected chi connectivity index (χ4v) is 3.14. The topological polar surface area (TPSA) is 79.4 Å². The number of anilines is 1. The summed E-state index contributed by atoms with van der Waals surface area (Å²) in [5.41, 5.74) is 2.92. The van der Waals surface area contributed by atoms with E-state index in [1.54, 1.807) is 17.5 Å². The SMILES string of the molecule is c1ccc(-c2ncc(CNc3cccc(-c4ncn[nH]4)c3)s2)nc1. The Labute approximate surface area is 142 Å². The molecule has 0 bridgehead atoms. The minimum Gasteiger partial charge on any atom is -0.380 e. The normalized spacial score (nSPS) is 10.7. The fourth-order valence-electron chi connectivity index (χ4n) is 2.31. The van der Waals surface area contributed by atoms with Crippen LogP contribution in [0.1, 0.15) is 4.88 Å². The van der Waals surface area contributed by atoms with Gasteiger partial charge in [0, 0.05) is 28.5 Å². The van der Waals surface area contributed by atoms with E-state index in [1.807, 2.05) is 48.7 Å². The maximum Gasteiger partial charge on any atom is 0.155 e. The molecule has 3 aromatic heterocycles. The summed E-state index contributed by atoms with van der Waals surface area (Å²) >= 11 is 1.64. The number of aromatic amines is 1. The Hall–Kier alpha value is -3.06. The molecule has 7 heteroatoms. The predicted molar refractivity (Wildman–Crippen MR) is 94.5 cm³/mol. The lowest BCUT2D eigenvalue weighted by Crippen LogP contribution is -1.97. The first kappa shape index (κ1) is 14.5. The van der Waals surface area contributed by atoms with Gasteiger partial charge in [0.2, 0.25) is 0 Å². The molecule has 0 amide bonds. The van der Waals surface area contributed by atoms with E-state index in [-0.39, 0.29) is 0 Å². The first-order chi connectivity index (χ1) is 11.9. The third-order valence-corrected chi connectivity index (χ3v) is 4.48. The monoisotopic (exact) mass is 334 g/mol. The van der Waals surface area contributed by atoms with Crippen molar-refractivity contribution in [2.75, 3.05) is 5.32 Å². The summed E-state index contributed by atoms with van der Waals surface area (Å²) in [6.07, 6.45) is 5.18. The van der Waals surface area contributed by atoms with Gasteiger partial charge < -0.3 is 5.32 Å². The molecule has 0 spiro atoms. The zero-order valence-corrected chi connectivity index (χ0v) is 13.5. The fraction of sp³-hybridized carbons (Fsp3) is 0.0588. The first-order valence-electron chi connectivity index (χ1n) is 7.44. The van der Waals surface area contributed by atoms with Gasteiger partial charge in [-0.05, 0) is 24.3 Å². The molecule has 0 aliphatic heterocycles. The van der Waals surface area contributed by atoms with Gasteiger partial charge in [-0.15, -0.1) is 11.3 Å². The van der Waals surface area contributed by atoms with Crippen LogP contribution in [0.2, 0.25) is 0 Å². The average Bonchev–Trinajstić information content (AvgIpc) is 3.33. The molecule has 3 heterocycles. The number of benzene rings is 1. The zero-order chi connectivity index (χ0) is 16.2. The van der Waals surface area contributed by atoms with Crippen molar-refractivity contribution in [2.24, 2.45) is 0 Å². The molecule has 1 aromatic carbocycles. The van der Waals surface area contributed by atoms with Crippen LogP contribution >= 0.6 is 11.3 Å². The minimum atomic E-state index is 0.713. The quantitative estimate of drug-likeness (QED) is 0.583. The van der Waals surface area contributed by atoms with E-state index in [0.29, 0.717) is 6.54 Å². The molecule has 2 N–H and O–H groups in total. The molecule has 4 rings (SSSR count). The van der Waals surface area contributed by atoms with E-state index in [0.717, 1.165) is 32.7 Å². The molecule has 0 radical (unpaired) electrons. The van der Waals surface area contributed by atoms with Crippen LogP contribution < -0.4 is 5.32 Å². The van der Waals surface area contributed by atoms with Gasteiger partial charge in [0.05, 0.1) is 12.2 Å². The first-order valence-corrected chi connectivity index (χ1v) is 8.26. The molecule has 4 aromatic rings. The van der Waals surface area contributed by atoms with Gasteiger partial charge in [-0.2, -0.15) is 5.10 Å². The summed E-state index contributed by atoms with van der Waals surface area (Å²) < 4.78 is 0. The summed E-state index contributed by atoms with van der Waals surface area (Å²) in [5.74, 6) is 0.758. The van der Waals surface area contributed by atoms with Crippen molar-refractivity contribution < 1.29 is 0 Å². The van der Waals surface area contributed by atoms with E-state index in [1.165, 1.54) is 6.33 Å². The van der Waals surface area contributed by atoms with Crippen molar-refractivity contribution >= 4 is 17.0 Å². The van der Waals surface area contributed by atoms with Crippen LogP contribution in [0.5, 0.6) is 0 Å². The second-order valence-electron chi connectivity index (χ2n) is 5.12. The van der Waals surface area contributed by atoms with Crippen LogP contribution in [0, 0.1) is 0 Å². The predicted octanol–water partition coefficient (Wildman–Crippen LogP) is 3.60. The molecule has 0 aliphatic carbocycles. The van der Waals surface area contributed by atoms with Gasteiger partial charge in [-0.25, -0.2) is 9.97 Å². The number of H-pyrrole nitrogens is 1. The van der Waals surface area contributed by atoms with Gasteiger partial charge in [0.25, 0.3) is 0 Å². The van der Waals surface area contributed by atoms with Gasteiger partial charge in [-0.1, -0.05) is 18.2 Å². The van der Waals surface area contributed by atoms with Gasteiger partial charge in [0.15, 0.2) is 5.82 Å². The lowest BCUT2D eigenvalue weighted by Gasteiger charge is -2.05. The van der Waals surface area contributed by atoms with E-state index in [2.05, 4.69) is 30.5 Å². The summed E-state index contributed by atoms with van der Waals surface area (Å²) in [6, 6.07) is 13.9. The van der Waals surface area contributed by atoms with Crippen LogP contribution in [0.3, 0.4) is 0 Å². The van der Waals surface area contributed by atoms with Crippen LogP contribution in [0.15, 0.2) is 61.2 Å². The van der Waals surface area contributed by atoms with Crippen LogP contribution in [-0.2, 0) is 6.54 Å². The lowest BCUT2D eigenvalue weighted by molar-refractivity contribution is 1.09. The smallest absolute Gasteiger partial charge is 0.155 e. The third kappa shape index (κ3) is 3.16. The number of thiazole rings is 1. The molecule has 0 saturated heterocycles. The van der Waals surface area contributed by atoms with E-state index >= 15 is 0 Å². The highest BCUT2D eigenvalue weighted by Gasteiger charge is 2.06. The summed E-state index contributed by atoms with van der Waals surface area (Å²) in [5, 5.41) is 11.1. The Morgan fingerprint density at radius 2 is 2.04 bits per heavy atom. The number of nitrogens with one attached hydrogen (secondary N) is 2. The van der Waals surface area contributed by atoms with Gasteiger partial charge >= 0.3 is 0 Å². The molecule has 0 unspecified atom stereocenters. The maximum absolute atomic E-state index is 4.45. The van der Waals surface area contributed by atoms with E-state index < -0.39 is 0 Å². The van der Waals surface area contributed by atoms with E-state index in [4.69, 9.17) is 0 Å². The van der Waals surface area contributed by atoms with Gasteiger partial charge in [0.1, 0.15) is 11.3 Å². The number of nitrogens with zero attached hydrogens (tertiary/aromatic N) is 4. The van der Waals surface area contributed by atoms with Crippen molar-refractivity contribution in [1.29, 1.82) is 0 Å². The second-order valence-corrected chi connectivity index (χ2v) is 6.23. The lowest BCUT2D eigenvalue weighted by atomic mass is 10.2. The molecule has 0 fully saturated rings. The molecule has 0 aliphatic rings. The van der Waals surface area contributed by atoms with Crippen LogP contribution in [-0.4, -0.2) is 25.1 Å². The van der Waals surface area contributed by atoms with Crippen molar-refractivity contribution in [3.8, 4) is 22.1 Å². The Morgan fingerprint density at radius 1 is 1.04 bits per heavy atom. The highest BCUT2D eigenvalue weighted by atomic mass is 32.1. The number of pyridine rings is 1. The van der Waals surface area contributed by atoms with Crippen molar-refractivity contribution in [2.45, 2.75) is 6.54 Å². The van der Waals surface area contributed by atoms with Crippen LogP contribution in [0.25, 0.3) is 22.1 Å². The molecular weight excluding hydrogens is 320 g/mol. The molecule has 0 atom stereocenters. The van der Waals surface area contributed by atoms with Crippen LogP contribution in [0.4, 0.5) is 5.69 Å². The standard InChI is InChI=1S/C17H14N6S/c1-2-7-18-15(6-1)17-20-10-14(24-17)9-19-13-5-3-4-12(8-13)16-21-11-22-23-16/h1-8,10-11,19H,9H2,(H,21,22,23). The number of rotatable bonds is 5. The summed E-state index contributed by atoms with van der Waals surface area (Å²) in [6.45, 7) is 0.713. The molecule has 0 saturated carbocycles. The minimum absolute atomic E-state index is 0.713. The Balaban J connectivity index is 1.46. The highest BCUT2D eigenvalue weighted by Crippen LogP contribution is 2.24. The van der Waals surface area contributed by atoms with Crippen molar-refractivity contribution in [1.82, 2.24) is 25.1 Å². The second kappa shape index (κ2) is 6.59. The number of hydrogen-bond acceptors (Lipinski definition) is 6. The maximum atomic E-state index is 4.45. The molecule has 118 valence electrons. The zero-order valence-electron chi connectivity index (χ0n) is 12.7. The highest BCUT2D eigenvalue weighted by molar-refractivity contribution is 7.15. The Morgan fingerprint density at radius 3 is 2.88 bits per heavy atom.